The Hall–Kier alpha value is -1.06. The molecule has 1 aliphatic rings. The van der Waals surface area contributed by atoms with Gasteiger partial charge in [0.25, 0.3) is 0 Å². The van der Waals surface area contributed by atoms with E-state index in [2.05, 4.69) is 5.32 Å². The van der Waals surface area contributed by atoms with Crippen molar-refractivity contribution in [3.63, 3.8) is 0 Å². The minimum absolute atomic E-state index is 0.272. The molecule has 1 aromatic rings. The normalized spacial score (nSPS) is 22.9. The van der Waals surface area contributed by atoms with E-state index in [4.69, 9.17) is 5.73 Å². The lowest BCUT2D eigenvalue weighted by atomic mass is 9.81. The molecule has 3 nitrogen and oxygen atoms in total. The van der Waals surface area contributed by atoms with E-state index in [1.54, 1.807) is 6.07 Å². The Morgan fingerprint density at radius 3 is 2.88 bits per heavy atom. The SMILES string of the molecule is NCC(c1ccccc1O)C1CCCNC1. The number of benzene rings is 1. The number of rotatable bonds is 3. The summed E-state index contributed by atoms with van der Waals surface area (Å²) in [5.41, 5.74) is 6.86. The Morgan fingerprint density at radius 1 is 1.44 bits per heavy atom. The molecule has 88 valence electrons. The molecular weight excluding hydrogens is 200 g/mol. The first-order valence-corrected chi connectivity index (χ1v) is 6.01. The van der Waals surface area contributed by atoms with Crippen molar-refractivity contribution < 1.29 is 5.11 Å². The van der Waals surface area contributed by atoms with Gasteiger partial charge >= 0.3 is 0 Å². The maximum absolute atomic E-state index is 9.87. The molecule has 3 heteroatoms. The topological polar surface area (TPSA) is 58.3 Å². The minimum Gasteiger partial charge on any atom is -0.508 e. The van der Waals surface area contributed by atoms with Crippen LogP contribution in [-0.4, -0.2) is 24.7 Å². The number of phenols is 1. The molecule has 1 saturated heterocycles. The summed E-state index contributed by atoms with van der Waals surface area (Å²) >= 11 is 0. The van der Waals surface area contributed by atoms with E-state index in [0.29, 0.717) is 18.2 Å². The van der Waals surface area contributed by atoms with E-state index in [-0.39, 0.29) is 5.92 Å². The van der Waals surface area contributed by atoms with Gasteiger partial charge < -0.3 is 16.2 Å². The highest BCUT2D eigenvalue weighted by atomic mass is 16.3. The van der Waals surface area contributed by atoms with Crippen LogP contribution in [0.4, 0.5) is 0 Å². The van der Waals surface area contributed by atoms with Crippen LogP contribution in [0.3, 0.4) is 0 Å². The predicted octanol–water partition coefficient (Wildman–Crippen LogP) is 1.43. The fourth-order valence-corrected chi connectivity index (χ4v) is 2.60. The molecule has 0 bridgehead atoms. The summed E-state index contributed by atoms with van der Waals surface area (Å²) in [6, 6.07) is 7.55. The number of aromatic hydroxyl groups is 1. The zero-order valence-corrected chi connectivity index (χ0v) is 9.52. The van der Waals surface area contributed by atoms with Crippen molar-refractivity contribution in [1.82, 2.24) is 5.32 Å². The van der Waals surface area contributed by atoms with E-state index >= 15 is 0 Å². The van der Waals surface area contributed by atoms with Gasteiger partial charge in [-0.3, -0.25) is 0 Å². The fourth-order valence-electron chi connectivity index (χ4n) is 2.60. The quantitative estimate of drug-likeness (QED) is 0.722. The summed E-state index contributed by atoms with van der Waals surface area (Å²) in [7, 11) is 0. The number of hydrogen-bond donors (Lipinski definition) is 3. The lowest BCUT2D eigenvalue weighted by Gasteiger charge is -2.30. The lowest BCUT2D eigenvalue weighted by molar-refractivity contribution is 0.319. The Labute approximate surface area is 96.7 Å². The minimum atomic E-state index is 0.272. The number of nitrogens with two attached hydrogens (primary N) is 1. The molecule has 0 amide bonds. The van der Waals surface area contributed by atoms with Crippen molar-refractivity contribution in [3.05, 3.63) is 29.8 Å². The molecule has 0 aliphatic carbocycles. The van der Waals surface area contributed by atoms with Gasteiger partial charge in [0, 0.05) is 5.92 Å². The highest BCUT2D eigenvalue weighted by molar-refractivity contribution is 5.35. The molecule has 0 radical (unpaired) electrons. The van der Waals surface area contributed by atoms with E-state index in [9.17, 15) is 5.11 Å². The third kappa shape index (κ3) is 2.36. The lowest BCUT2D eigenvalue weighted by Crippen LogP contribution is -2.35. The van der Waals surface area contributed by atoms with Gasteiger partial charge in [-0.15, -0.1) is 0 Å². The molecule has 0 saturated carbocycles. The van der Waals surface area contributed by atoms with Crippen LogP contribution in [0.15, 0.2) is 24.3 Å². The molecule has 0 aromatic heterocycles. The van der Waals surface area contributed by atoms with Crippen LogP contribution < -0.4 is 11.1 Å². The average molecular weight is 220 g/mol. The van der Waals surface area contributed by atoms with Gasteiger partial charge in [0.15, 0.2) is 0 Å². The Bertz CT molecular complexity index is 334. The van der Waals surface area contributed by atoms with Gasteiger partial charge in [0.1, 0.15) is 5.75 Å². The summed E-state index contributed by atoms with van der Waals surface area (Å²) in [6.45, 7) is 2.72. The van der Waals surface area contributed by atoms with E-state index in [1.165, 1.54) is 12.8 Å². The third-order valence-corrected chi connectivity index (χ3v) is 3.49. The largest absolute Gasteiger partial charge is 0.508 e. The van der Waals surface area contributed by atoms with Crippen LogP contribution in [-0.2, 0) is 0 Å². The molecule has 2 atom stereocenters. The van der Waals surface area contributed by atoms with Crippen molar-refractivity contribution >= 4 is 0 Å². The molecule has 1 aromatic carbocycles. The number of piperidine rings is 1. The van der Waals surface area contributed by atoms with E-state index in [0.717, 1.165) is 18.7 Å². The summed E-state index contributed by atoms with van der Waals surface area (Å²) < 4.78 is 0. The Kier molecular flexibility index (Phi) is 3.80. The predicted molar refractivity (Wildman–Crippen MR) is 65.5 cm³/mol. The molecule has 1 aliphatic heterocycles. The van der Waals surface area contributed by atoms with Crippen LogP contribution in [0, 0.1) is 5.92 Å². The van der Waals surface area contributed by atoms with E-state index in [1.807, 2.05) is 18.2 Å². The fraction of sp³-hybridized carbons (Fsp3) is 0.538. The third-order valence-electron chi connectivity index (χ3n) is 3.49. The number of nitrogens with one attached hydrogen (secondary N) is 1. The second kappa shape index (κ2) is 5.32. The van der Waals surface area contributed by atoms with E-state index < -0.39 is 0 Å². The van der Waals surface area contributed by atoms with Crippen LogP contribution in [0.1, 0.15) is 24.3 Å². The van der Waals surface area contributed by atoms with Crippen molar-refractivity contribution in [2.45, 2.75) is 18.8 Å². The highest BCUT2D eigenvalue weighted by Crippen LogP contribution is 2.33. The van der Waals surface area contributed by atoms with Gasteiger partial charge in [0.05, 0.1) is 0 Å². The molecule has 2 rings (SSSR count). The molecule has 4 N–H and O–H groups in total. The zero-order chi connectivity index (χ0) is 11.4. The molecular formula is C13H20N2O. The molecule has 1 heterocycles. The smallest absolute Gasteiger partial charge is 0.119 e. The summed E-state index contributed by atoms with van der Waals surface area (Å²) in [5, 5.41) is 13.3. The first-order valence-electron chi connectivity index (χ1n) is 6.01. The maximum Gasteiger partial charge on any atom is 0.119 e. The highest BCUT2D eigenvalue weighted by Gasteiger charge is 2.25. The monoisotopic (exact) mass is 220 g/mol. The molecule has 2 unspecified atom stereocenters. The van der Waals surface area contributed by atoms with Crippen molar-refractivity contribution in [2.24, 2.45) is 11.7 Å². The van der Waals surface area contributed by atoms with Gasteiger partial charge in [-0.2, -0.15) is 0 Å². The number of para-hydroxylation sites is 1. The summed E-state index contributed by atoms with van der Waals surface area (Å²) in [4.78, 5) is 0. The van der Waals surface area contributed by atoms with Crippen molar-refractivity contribution in [2.75, 3.05) is 19.6 Å². The maximum atomic E-state index is 9.87. The molecule has 16 heavy (non-hydrogen) atoms. The standard InChI is InChI=1S/C13H20N2O/c14-8-12(10-4-3-7-15-9-10)11-5-1-2-6-13(11)16/h1-2,5-6,10,12,15-16H,3-4,7-9,14H2. The second-order valence-electron chi connectivity index (χ2n) is 4.51. The van der Waals surface area contributed by atoms with Crippen LogP contribution in [0.25, 0.3) is 0 Å². The Morgan fingerprint density at radius 2 is 2.25 bits per heavy atom. The molecule has 0 spiro atoms. The van der Waals surface area contributed by atoms with Gasteiger partial charge in [0.2, 0.25) is 0 Å². The van der Waals surface area contributed by atoms with Crippen LogP contribution >= 0.6 is 0 Å². The Balaban J connectivity index is 2.18. The molecule has 1 fully saturated rings. The van der Waals surface area contributed by atoms with Crippen LogP contribution in [0.5, 0.6) is 5.75 Å². The van der Waals surface area contributed by atoms with Crippen molar-refractivity contribution in [3.8, 4) is 5.75 Å². The summed E-state index contributed by atoms with van der Waals surface area (Å²) in [6.07, 6.45) is 2.40. The second-order valence-corrected chi connectivity index (χ2v) is 4.51. The first kappa shape index (κ1) is 11.4. The van der Waals surface area contributed by atoms with Crippen molar-refractivity contribution in [1.29, 1.82) is 0 Å². The van der Waals surface area contributed by atoms with Crippen LogP contribution in [0.2, 0.25) is 0 Å². The number of phenolic OH excluding ortho intramolecular Hbond substituents is 1. The summed E-state index contributed by atoms with van der Waals surface area (Å²) in [5.74, 6) is 1.20. The van der Waals surface area contributed by atoms with Gasteiger partial charge in [-0.1, -0.05) is 18.2 Å². The zero-order valence-electron chi connectivity index (χ0n) is 9.52. The number of hydrogen-bond acceptors (Lipinski definition) is 3. The van der Waals surface area contributed by atoms with Gasteiger partial charge in [-0.25, -0.2) is 0 Å². The average Bonchev–Trinajstić information content (AvgIpc) is 2.34. The van der Waals surface area contributed by atoms with Gasteiger partial charge in [-0.05, 0) is 50.0 Å². The first-order chi connectivity index (χ1) is 7.83.